The average Bonchev–Trinajstić information content (AvgIpc) is 3.37. The van der Waals surface area contributed by atoms with Gasteiger partial charge in [0.25, 0.3) is 0 Å². The number of nitrogens with zero attached hydrogens (tertiary/aromatic N) is 4. The molecule has 1 aliphatic heterocycles. The Balaban J connectivity index is 1.53. The van der Waals surface area contributed by atoms with Gasteiger partial charge in [0.1, 0.15) is 18.2 Å². The van der Waals surface area contributed by atoms with E-state index in [0.29, 0.717) is 18.1 Å². The number of fused-ring (bicyclic) bond motifs is 1. The molecule has 1 amide bonds. The quantitative estimate of drug-likeness (QED) is 0.743. The smallest absolute Gasteiger partial charge is 0.249 e. The largest absolute Gasteiger partial charge is 0.497 e. The number of aromatic nitrogens is 4. The van der Waals surface area contributed by atoms with Crippen molar-refractivity contribution in [3.05, 3.63) is 42.5 Å². The number of carbonyl (C=O) groups excluding carboxylic acids is 1. The van der Waals surface area contributed by atoms with Crippen LogP contribution < -0.4 is 10.1 Å². The van der Waals surface area contributed by atoms with Gasteiger partial charge in [-0.1, -0.05) is 0 Å². The summed E-state index contributed by atoms with van der Waals surface area (Å²) in [6.07, 6.45) is 2.93. The number of methoxy groups -OCH3 is 1. The fraction of sp³-hybridized carbons (Fsp3) is 0.368. The molecule has 1 N–H and O–H groups in total. The van der Waals surface area contributed by atoms with Crippen LogP contribution in [0.1, 0.15) is 31.6 Å². The van der Waals surface area contributed by atoms with Gasteiger partial charge in [-0.05, 0) is 44.0 Å². The van der Waals surface area contributed by atoms with Crippen LogP contribution in [0.2, 0.25) is 0 Å². The number of nitrogens with one attached hydrogen (secondary N) is 1. The van der Waals surface area contributed by atoms with E-state index in [1.54, 1.807) is 18.0 Å². The highest BCUT2D eigenvalue weighted by Crippen LogP contribution is 2.22. The molecule has 1 aliphatic rings. The molecule has 140 valence electrons. The number of amides is 1. The second-order valence-electron chi connectivity index (χ2n) is 6.51. The Bertz CT molecular complexity index is 948. The topological polar surface area (TPSA) is 90.6 Å². The Morgan fingerprint density at radius 1 is 1.37 bits per heavy atom. The van der Waals surface area contributed by atoms with Crippen LogP contribution in [-0.4, -0.2) is 45.3 Å². The van der Waals surface area contributed by atoms with Crippen molar-refractivity contribution >= 4 is 11.6 Å². The standard InChI is InChI=1S/C19H21N5O3/c1-12(21-19(25)16-4-3-9-27-16)18-22-17-10-15(20-11-24(17)23-18)13-5-7-14(26-2)8-6-13/h5-8,10-12,16H,3-4,9H2,1-2H3,(H,21,25)/t12-,16-/m1/s1. The highest BCUT2D eigenvalue weighted by atomic mass is 16.5. The molecule has 1 aromatic carbocycles. The highest BCUT2D eigenvalue weighted by Gasteiger charge is 2.26. The minimum atomic E-state index is -0.368. The highest BCUT2D eigenvalue weighted by molar-refractivity contribution is 5.81. The summed E-state index contributed by atoms with van der Waals surface area (Å²) < 4.78 is 12.2. The molecular weight excluding hydrogens is 346 g/mol. The van der Waals surface area contributed by atoms with Gasteiger partial charge in [0.15, 0.2) is 11.5 Å². The van der Waals surface area contributed by atoms with Crippen molar-refractivity contribution in [1.29, 1.82) is 0 Å². The molecule has 3 aromatic rings. The summed E-state index contributed by atoms with van der Waals surface area (Å²) in [6.45, 7) is 2.50. The molecule has 1 saturated heterocycles. The van der Waals surface area contributed by atoms with E-state index in [-0.39, 0.29) is 18.1 Å². The molecule has 0 saturated carbocycles. The molecule has 4 rings (SSSR count). The number of ether oxygens (including phenoxy) is 2. The summed E-state index contributed by atoms with van der Waals surface area (Å²) in [7, 11) is 1.63. The lowest BCUT2D eigenvalue weighted by Crippen LogP contribution is -2.36. The molecule has 0 radical (unpaired) electrons. The lowest BCUT2D eigenvalue weighted by Gasteiger charge is -2.14. The predicted octanol–water partition coefficient (Wildman–Crippen LogP) is 2.16. The Kier molecular flexibility index (Phi) is 4.72. The predicted molar refractivity (Wildman–Crippen MR) is 98.3 cm³/mol. The number of benzene rings is 1. The first kappa shape index (κ1) is 17.4. The summed E-state index contributed by atoms with van der Waals surface area (Å²) in [5.41, 5.74) is 2.42. The number of carbonyl (C=O) groups is 1. The molecule has 2 atom stereocenters. The summed E-state index contributed by atoms with van der Waals surface area (Å²) in [6, 6.07) is 9.22. The van der Waals surface area contributed by atoms with Crippen molar-refractivity contribution in [2.75, 3.05) is 13.7 Å². The Labute approximate surface area is 156 Å². The van der Waals surface area contributed by atoms with Gasteiger partial charge < -0.3 is 14.8 Å². The normalized spacial score (nSPS) is 17.8. The molecule has 3 heterocycles. The maximum absolute atomic E-state index is 12.2. The van der Waals surface area contributed by atoms with Crippen LogP contribution in [0.3, 0.4) is 0 Å². The second-order valence-corrected chi connectivity index (χ2v) is 6.51. The van der Waals surface area contributed by atoms with Gasteiger partial charge in [0.05, 0.1) is 18.8 Å². The monoisotopic (exact) mass is 367 g/mol. The van der Waals surface area contributed by atoms with Crippen LogP contribution in [-0.2, 0) is 9.53 Å². The molecule has 8 nitrogen and oxygen atoms in total. The van der Waals surface area contributed by atoms with Gasteiger partial charge in [0.2, 0.25) is 5.91 Å². The Morgan fingerprint density at radius 3 is 2.89 bits per heavy atom. The molecule has 2 aromatic heterocycles. The van der Waals surface area contributed by atoms with Gasteiger partial charge >= 0.3 is 0 Å². The minimum Gasteiger partial charge on any atom is -0.497 e. The zero-order valence-corrected chi connectivity index (χ0v) is 15.3. The van der Waals surface area contributed by atoms with Gasteiger partial charge in [-0.15, -0.1) is 5.10 Å². The maximum Gasteiger partial charge on any atom is 0.249 e. The molecule has 27 heavy (non-hydrogen) atoms. The van der Waals surface area contributed by atoms with Crippen molar-refractivity contribution < 1.29 is 14.3 Å². The van der Waals surface area contributed by atoms with Crippen LogP contribution >= 0.6 is 0 Å². The first-order chi connectivity index (χ1) is 13.1. The van der Waals surface area contributed by atoms with Gasteiger partial charge in [-0.25, -0.2) is 14.5 Å². The van der Waals surface area contributed by atoms with Gasteiger partial charge in [-0.2, -0.15) is 0 Å². The zero-order chi connectivity index (χ0) is 18.8. The van der Waals surface area contributed by atoms with E-state index >= 15 is 0 Å². The van der Waals surface area contributed by atoms with E-state index in [1.807, 2.05) is 37.3 Å². The second kappa shape index (κ2) is 7.32. The van der Waals surface area contributed by atoms with Crippen LogP contribution in [0.15, 0.2) is 36.7 Å². The summed E-state index contributed by atoms with van der Waals surface area (Å²) in [5, 5.41) is 7.34. The molecule has 0 bridgehead atoms. The average molecular weight is 367 g/mol. The van der Waals surface area contributed by atoms with E-state index in [4.69, 9.17) is 9.47 Å². The molecule has 1 fully saturated rings. The van der Waals surface area contributed by atoms with Crippen molar-refractivity contribution in [2.45, 2.75) is 31.9 Å². The molecule has 0 aliphatic carbocycles. The SMILES string of the molecule is COc1ccc(-c2cc3nc([C@@H](C)NC(=O)[C@H]4CCCO4)nn3cn2)cc1. The molecular formula is C19H21N5O3. The minimum absolute atomic E-state index is 0.115. The summed E-state index contributed by atoms with van der Waals surface area (Å²) in [5.74, 6) is 1.21. The number of hydrogen-bond donors (Lipinski definition) is 1. The molecule has 0 unspecified atom stereocenters. The first-order valence-corrected chi connectivity index (χ1v) is 8.93. The fourth-order valence-corrected chi connectivity index (χ4v) is 3.07. The first-order valence-electron chi connectivity index (χ1n) is 8.93. The van der Waals surface area contributed by atoms with Crippen LogP contribution in [0, 0.1) is 0 Å². The van der Waals surface area contributed by atoms with Crippen molar-refractivity contribution in [1.82, 2.24) is 24.9 Å². The zero-order valence-electron chi connectivity index (χ0n) is 15.3. The van der Waals surface area contributed by atoms with Crippen LogP contribution in [0.5, 0.6) is 5.75 Å². The van der Waals surface area contributed by atoms with Crippen molar-refractivity contribution in [3.8, 4) is 17.0 Å². The number of rotatable bonds is 5. The lowest BCUT2D eigenvalue weighted by atomic mass is 10.1. The van der Waals surface area contributed by atoms with E-state index in [2.05, 4.69) is 20.4 Å². The number of hydrogen-bond acceptors (Lipinski definition) is 6. The van der Waals surface area contributed by atoms with E-state index < -0.39 is 0 Å². The van der Waals surface area contributed by atoms with Crippen LogP contribution in [0.25, 0.3) is 16.9 Å². The van der Waals surface area contributed by atoms with E-state index in [0.717, 1.165) is 29.8 Å². The van der Waals surface area contributed by atoms with Gasteiger partial charge in [-0.3, -0.25) is 4.79 Å². The Morgan fingerprint density at radius 2 is 2.19 bits per heavy atom. The van der Waals surface area contributed by atoms with Crippen molar-refractivity contribution in [2.24, 2.45) is 0 Å². The Hall–Kier alpha value is -3.00. The summed E-state index contributed by atoms with van der Waals surface area (Å²) >= 11 is 0. The third-order valence-corrected chi connectivity index (χ3v) is 4.60. The molecule has 0 spiro atoms. The maximum atomic E-state index is 12.2. The fourth-order valence-electron chi connectivity index (χ4n) is 3.07. The third kappa shape index (κ3) is 3.61. The van der Waals surface area contributed by atoms with Crippen LogP contribution in [0.4, 0.5) is 0 Å². The van der Waals surface area contributed by atoms with E-state index in [9.17, 15) is 4.79 Å². The third-order valence-electron chi connectivity index (χ3n) is 4.60. The van der Waals surface area contributed by atoms with E-state index in [1.165, 1.54) is 0 Å². The molecule has 8 heteroatoms. The summed E-state index contributed by atoms with van der Waals surface area (Å²) in [4.78, 5) is 21.2. The van der Waals surface area contributed by atoms with Crippen molar-refractivity contribution in [3.63, 3.8) is 0 Å². The van der Waals surface area contributed by atoms with Gasteiger partial charge in [0, 0.05) is 18.2 Å². The lowest BCUT2D eigenvalue weighted by molar-refractivity contribution is -0.130.